The minimum Gasteiger partial charge on any atom is -0.497 e. The molecule has 1 heterocycles. The number of nitrogens with two attached hydrogens (primary N) is 2. The second kappa shape index (κ2) is 9.83. The number of carbonyl (C=O) groups excluding carboxylic acids is 3. The normalized spacial score (nSPS) is 17.7. The summed E-state index contributed by atoms with van der Waals surface area (Å²) < 4.78 is 9.95. The van der Waals surface area contributed by atoms with Crippen LogP contribution in [0.1, 0.15) is 37.3 Å². The van der Waals surface area contributed by atoms with E-state index < -0.39 is 23.4 Å². The van der Waals surface area contributed by atoms with Gasteiger partial charge in [-0.2, -0.15) is 0 Å². The van der Waals surface area contributed by atoms with E-state index in [4.69, 9.17) is 26.4 Å². The van der Waals surface area contributed by atoms with Crippen molar-refractivity contribution in [1.29, 1.82) is 5.41 Å². The number of nitrogen functional groups attached to an aromatic ring is 1. The van der Waals surface area contributed by atoms with Gasteiger partial charge in [-0.15, -0.1) is 0 Å². The van der Waals surface area contributed by atoms with Crippen molar-refractivity contribution < 1.29 is 23.9 Å². The fourth-order valence-electron chi connectivity index (χ4n) is 4.19. The van der Waals surface area contributed by atoms with E-state index in [-0.39, 0.29) is 18.2 Å². The minimum atomic E-state index is -1.39. The smallest absolute Gasteiger partial charge is 0.315 e. The van der Waals surface area contributed by atoms with E-state index >= 15 is 0 Å². The van der Waals surface area contributed by atoms with Crippen LogP contribution in [0.5, 0.6) is 5.75 Å². The summed E-state index contributed by atoms with van der Waals surface area (Å²) in [7, 11) is 1.54. The Morgan fingerprint density at radius 1 is 1.15 bits per heavy atom. The number of piperidine rings is 1. The Labute approximate surface area is 192 Å². The van der Waals surface area contributed by atoms with Gasteiger partial charge in [0.1, 0.15) is 11.6 Å². The first-order valence-corrected chi connectivity index (χ1v) is 10.6. The number of ether oxygens (including phenoxy) is 2. The summed E-state index contributed by atoms with van der Waals surface area (Å²) in [5, 5.41) is 7.55. The lowest BCUT2D eigenvalue weighted by molar-refractivity contribution is -0.159. The monoisotopic (exact) mass is 452 g/mol. The second-order valence-corrected chi connectivity index (χ2v) is 8.06. The lowest BCUT2D eigenvalue weighted by Crippen LogP contribution is -2.55. The number of amides is 1. The van der Waals surface area contributed by atoms with Gasteiger partial charge in [-0.3, -0.25) is 19.8 Å². The second-order valence-electron chi connectivity index (χ2n) is 8.06. The number of rotatable bonds is 7. The van der Waals surface area contributed by atoms with Gasteiger partial charge in [-0.1, -0.05) is 12.1 Å². The molecule has 1 aliphatic rings. The molecule has 0 radical (unpaired) electrons. The average Bonchev–Trinajstić information content (AvgIpc) is 2.78. The van der Waals surface area contributed by atoms with Gasteiger partial charge in [0.25, 0.3) is 0 Å². The third kappa shape index (κ3) is 5.20. The topological polar surface area (TPSA) is 149 Å². The van der Waals surface area contributed by atoms with E-state index in [1.165, 1.54) is 7.11 Å². The molecule has 0 bridgehead atoms. The molecular formula is C24H28N4O5. The van der Waals surface area contributed by atoms with Gasteiger partial charge in [-0.05, 0) is 54.8 Å². The molecule has 9 heteroatoms. The largest absolute Gasteiger partial charge is 0.497 e. The third-order valence-corrected chi connectivity index (χ3v) is 5.87. The summed E-state index contributed by atoms with van der Waals surface area (Å²) in [5.41, 5.74) is 12.7. The van der Waals surface area contributed by atoms with E-state index in [9.17, 15) is 14.4 Å². The molecular weight excluding hydrogens is 424 g/mol. The highest BCUT2D eigenvalue weighted by atomic mass is 16.6. The highest BCUT2D eigenvalue weighted by molar-refractivity contribution is 5.99. The molecule has 1 saturated heterocycles. The minimum absolute atomic E-state index is 0.0612. The molecule has 174 valence electrons. The molecule has 3 rings (SSSR count). The quantitative estimate of drug-likeness (QED) is 0.252. The molecule has 0 aromatic heterocycles. The summed E-state index contributed by atoms with van der Waals surface area (Å²) in [6.45, 7) is 1.63. The molecule has 5 N–H and O–H groups in total. The van der Waals surface area contributed by atoms with Gasteiger partial charge in [0.05, 0.1) is 25.0 Å². The van der Waals surface area contributed by atoms with E-state index in [2.05, 4.69) is 0 Å². The number of hydrogen-bond acceptors (Lipinski definition) is 7. The molecule has 1 amide bonds. The molecule has 1 aliphatic heterocycles. The lowest BCUT2D eigenvalue weighted by Gasteiger charge is -2.42. The van der Waals surface area contributed by atoms with Gasteiger partial charge < -0.3 is 25.8 Å². The molecule has 9 nitrogen and oxygen atoms in total. The first kappa shape index (κ1) is 23.9. The summed E-state index contributed by atoms with van der Waals surface area (Å²) in [6.07, 6.45) is 0.797. The van der Waals surface area contributed by atoms with Crippen LogP contribution in [0.15, 0.2) is 48.5 Å². The fourth-order valence-corrected chi connectivity index (χ4v) is 4.19. The number of benzene rings is 2. The number of nitrogens with one attached hydrogen (secondary N) is 1. The summed E-state index contributed by atoms with van der Waals surface area (Å²) in [4.78, 5) is 39.0. The molecule has 0 spiro atoms. The van der Waals surface area contributed by atoms with Gasteiger partial charge in [0, 0.05) is 24.7 Å². The van der Waals surface area contributed by atoms with Gasteiger partial charge in [-0.25, -0.2) is 0 Å². The van der Waals surface area contributed by atoms with Crippen molar-refractivity contribution in [3.63, 3.8) is 0 Å². The maximum Gasteiger partial charge on any atom is 0.315 e. The maximum absolute atomic E-state index is 13.6. The Bertz CT molecular complexity index is 1050. The third-order valence-electron chi connectivity index (χ3n) is 5.87. The molecule has 2 aromatic rings. The van der Waals surface area contributed by atoms with Crippen molar-refractivity contribution in [1.82, 2.24) is 0 Å². The van der Waals surface area contributed by atoms with Crippen molar-refractivity contribution in [3.8, 4) is 5.75 Å². The fraction of sp³-hybridized carbons (Fsp3) is 0.333. The predicted molar refractivity (Wildman–Crippen MR) is 123 cm³/mol. The molecule has 2 unspecified atom stereocenters. The zero-order valence-corrected chi connectivity index (χ0v) is 18.7. The summed E-state index contributed by atoms with van der Waals surface area (Å²) >= 11 is 0. The van der Waals surface area contributed by atoms with E-state index in [1.807, 2.05) is 0 Å². The van der Waals surface area contributed by atoms with Crippen LogP contribution in [0, 0.1) is 11.3 Å². The van der Waals surface area contributed by atoms with Crippen molar-refractivity contribution in [2.24, 2.45) is 17.4 Å². The van der Waals surface area contributed by atoms with Crippen LogP contribution in [-0.4, -0.2) is 37.3 Å². The van der Waals surface area contributed by atoms with E-state index in [0.717, 1.165) is 6.92 Å². The molecule has 0 aliphatic carbocycles. The SMILES string of the molecule is COc1ccc(C(N)(CC(=O)OC(C)=O)C2CCCN(c3ccc(C(=N)N)cc3)C2=O)cc1. The molecule has 2 atom stereocenters. The van der Waals surface area contributed by atoms with Crippen molar-refractivity contribution in [2.75, 3.05) is 18.6 Å². The number of hydrogen-bond donors (Lipinski definition) is 3. The predicted octanol–water partition coefficient (Wildman–Crippen LogP) is 2.06. The van der Waals surface area contributed by atoms with Crippen LogP contribution >= 0.6 is 0 Å². The first-order valence-electron chi connectivity index (χ1n) is 10.6. The summed E-state index contributed by atoms with van der Waals surface area (Å²) in [6, 6.07) is 13.7. The zero-order valence-electron chi connectivity index (χ0n) is 18.7. The maximum atomic E-state index is 13.6. The van der Waals surface area contributed by atoms with Crippen LogP contribution in [0.3, 0.4) is 0 Å². The zero-order chi connectivity index (χ0) is 24.2. The Kier molecular flexibility index (Phi) is 7.13. The number of anilines is 1. The highest BCUT2D eigenvalue weighted by Crippen LogP contribution is 2.39. The van der Waals surface area contributed by atoms with Crippen molar-refractivity contribution >= 4 is 29.4 Å². The Morgan fingerprint density at radius 3 is 2.33 bits per heavy atom. The molecule has 33 heavy (non-hydrogen) atoms. The summed E-state index contributed by atoms with van der Waals surface area (Å²) in [5.74, 6) is -1.95. The molecule has 2 aromatic carbocycles. The first-order chi connectivity index (χ1) is 15.7. The van der Waals surface area contributed by atoms with Crippen molar-refractivity contribution in [2.45, 2.75) is 31.7 Å². The highest BCUT2D eigenvalue weighted by Gasteiger charge is 2.46. The van der Waals surface area contributed by atoms with Crippen LogP contribution in [-0.2, 0) is 24.7 Å². The molecule has 1 fully saturated rings. The average molecular weight is 453 g/mol. The van der Waals surface area contributed by atoms with Crippen LogP contribution in [0.25, 0.3) is 0 Å². The van der Waals surface area contributed by atoms with Gasteiger partial charge >= 0.3 is 11.9 Å². The number of nitrogens with zero attached hydrogens (tertiary/aromatic N) is 1. The van der Waals surface area contributed by atoms with Gasteiger partial charge in [0.2, 0.25) is 5.91 Å². The van der Waals surface area contributed by atoms with E-state index in [0.29, 0.717) is 42.0 Å². The number of methoxy groups -OCH3 is 1. The number of amidine groups is 1. The van der Waals surface area contributed by atoms with Crippen LogP contribution in [0.4, 0.5) is 5.69 Å². The van der Waals surface area contributed by atoms with Crippen LogP contribution < -0.4 is 21.1 Å². The Balaban J connectivity index is 1.97. The molecule has 0 saturated carbocycles. The Hall–Kier alpha value is -3.72. The number of carbonyl (C=O) groups is 3. The van der Waals surface area contributed by atoms with Crippen molar-refractivity contribution in [3.05, 3.63) is 59.7 Å². The van der Waals surface area contributed by atoms with E-state index in [1.54, 1.807) is 53.4 Å². The Morgan fingerprint density at radius 2 is 1.79 bits per heavy atom. The standard InChI is InChI=1S/C24H28N4O5/c1-15(29)33-21(30)14-24(27,17-7-11-19(32-2)12-8-17)20-4-3-13-28(23(20)31)18-9-5-16(6-10-18)22(25)26/h5-12,20H,3-4,13-14,27H2,1-2H3,(H3,25,26). The number of esters is 2. The van der Waals surface area contributed by atoms with Gasteiger partial charge in [0.15, 0.2) is 0 Å². The lowest BCUT2D eigenvalue weighted by atomic mass is 9.72. The van der Waals surface area contributed by atoms with Crippen LogP contribution in [0.2, 0.25) is 0 Å².